The van der Waals surface area contributed by atoms with Crippen LogP contribution in [-0.4, -0.2) is 58.2 Å². The summed E-state index contributed by atoms with van der Waals surface area (Å²) in [6.45, 7) is 8.29. The summed E-state index contributed by atoms with van der Waals surface area (Å²) in [4.78, 5) is 34.6. The lowest BCUT2D eigenvalue weighted by Gasteiger charge is -2.35. The van der Waals surface area contributed by atoms with Gasteiger partial charge in [-0.25, -0.2) is 4.98 Å². The van der Waals surface area contributed by atoms with Crippen molar-refractivity contribution in [1.82, 2.24) is 19.5 Å². The van der Waals surface area contributed by atoms with Crippen molar-refractivity contribution in [2.75, 3.05) is 37.7 Å². The molecule has 3 heterocycles. The lowest BCUT2D eigenvalue weighted by molar-refractivity contribution is -0.133. The van der Waals surface area contributed by atoms with Gasteiger partial charge in [0.15, 0.2) is 6.61 Å². The van der Waals surface area contributed by atoms with Gasteiger partial charge in [-0.2, -0.15) is 9.61 Å². The summed E-state index contributed by atoms with van der Waals surface area (Å²) in [6.07, 6.45) is 0. The third-order valence-corrected chi connectivity index (χ3v) is 7.16. The van der Waals surface area contributed by atoms with Crippen molar-refractivity contribution >= 4 is 28.0 Å². The highest BCUT2D eigenvalue weighted by Gasteiger charge is 2.24. The number of rotatable bonds is 5. The Balaban J connectivity index is 1.25. The molecule has 0 unspecified atom stereocenters. The molecule has 0 radical (unpaired) electrons. The highest BCUT2D eigenvalue weighted by Crippen LogP contribution is 2.26. The molecule has 1 aliphatic rings. The number of benzene rings is 2. The normalized spacial score (nSPS) is 13.9. The van der Waals surface area contributed by atoms with Crippen molar-refractivity contribution in [3.05, 3.63) is 75.6 Å². The first kappa shape index (κ1) is 23.0. The van der Waals surface area contributed by atoms with Crippen molar-refractivity contribution < 1.29 is 9.53 Å². The van der Waals surface area contributed by atoms with Crippen LogP contribution < -0.4 is 15.2 Å². The van der Waals surface area contributed by atoms with E-state index in [1.807, 2.05) is 68.1 Å². The molecule has 1 amide bonds. The Morgan fingerprint density at radius 2 is 1.71 bits per heavy atom. The van der Waals surface area contributed by atoms with Crippen molar-refractivity contribution in [2.45, 2.75) is 20.8 Å². The van der Waals surface area contributed by atoms with E-state index in [0.717, 1.165) is 33.0 Å². The number of nitrogens with zero attached hydrogens (tertiary/aromatic N) is 5. The molecular formula is C26H27N5O3S. The Morgan fingerprint density at radius 3 is 2.43 bits per heavy atom. The second-order valence-electron chi connectivity index (χ2n) is 8.80. The Labute approximate surface area is 207 Å². The second kappa shape index (κ2) is 9.50. The molecule has 4 aromatic rings. The smallest absolute Gasteiger partial charge is 0.277 e. The summed E-state index contributed by atoms with van der Waals surface area (Å²) in [5, 5.41) is 5.24. The van der Waals surface area contributed by atoms with Gasteiger partial charge in [0.05, 0.1) is 0 Å². The molecule has 2 aromatic carbocycles. The SMILES string of the molecule is Cc1cccc(-c2nn3c(=O)cc(N4CCN(C(=O)COc5c(C)cccc5C)CC4)nc3s2)c1. The zero-order valence-electron chi connectivity index (χ0n) is 20.0. The summed E-state index contributed by atoms with van der Waals surface area (Å²) < 4.78 is 7.19. The first-order valence-corrected chi connectivity index (χ1v) is 12.4. The van der Waals surface area contributed by atoms with Crippen LogP contribution in [0.3, 0.4) is 0 Å². The van der Waals surface area contributed by atoms with Crippen LogP contribution in [0, 0.1) is 20.8 Å². The number of aryl methyl sites for hydroxylation is 3. The molecule has 0 N–H and O–H groups in total. The Bertz CT molecular complexity index is 1430. The summed E-state index contributed by atoms with van der Waals surface area (Å²) in [6, 6.07) is 15.5. The largest absolute Gasteiger partial charge is 0.483 e. The topological polar surface area (TPSA) is 80.0 Å². The van der Waals surface area contributed by atoms with E-state index in [1.54, 1.807) is 4.90 Å². The van der Waals surface area contributed by atoms with Crippen LogP contribution in [0.1, 0.15) is 16.7 Å². The molecule has 1 fully saturated rings. The van der Waals surface area contributed by atoms with Crippen molar-refractivity contribution in [2.24, 2.45) is 0 Å². The van der Waals surface area contributed by atoms with Gasteiger partial charge in [-0.3, -0.25) is 9.59 Å². The number of aromatic nitrogens is 3. The zero-order chi connectivity index (χ0) is 24.5. The van der Waals surface area contributed by atoms with E-state index in [2.05, 4.69) is 5.10 Å². The van der Waals surface area contributed by atoms with E-state index < -0.39 is 0 Å². The fourth-order valence-corrected chi connectivity index (χ4v) is 5.19. The molecular weight excluding hydrogens is 462 g/mol. The minimum atomic E-state index is -0.208. The quantitative estimate of drug-likeness (QED) is 0.427. The molecule has 0 atom stereocenters. The van der Waals surface area contributed by atoms with Crippen molar-refractivity contribution in [3.8, 4) is 16.3 Å². The van der Waals surface area contributed by atoms with E-state index in [0.29, 0.717) is 37.0 Å². The minimum absolute atomic E-state index is 0.0137. The third kappa shape index (κ3) is 4.77. The molecule has 0 saturated carbocycles. The maximum absolute atomic E-state index is 12.8. The van der Waals surface area contributed by atoms with Gasteiger partial charge < -0.3 is 14.5 Å². The van der Waals surface area contributed by atoms with E-state index in [9.17, 15) is 9.59 Å². The Kier molecular flexibility index (Phi) is 6.25. The van der Waals surface area contributed by atoms with Gasteiger partial charge in [0, 0.05) is 37.8 Å². The monoisotopic (exact) mass is 489 g/mol. The molecule has 9 heteroatoms. The van der Waals surface area contributed by atoms with Gasteiger partial charge in [-0.15, -0.1) is 0 Å². The zero-order valence-corrected chi connectivity index (χ0v) is 20.8. The van der Waals surface area contributed by atoms with Crippen LogP contribution in [-0.2, 0) is 4.79 Å². The summed E-state index contributed by atoms with van der Waals surface area (Å²) in [5.41, 5.74) is 3.93. The second-order valence-corrected chi connectivity index (χ2v) is 9.76. The molecule has 0 bridgehead atoms. The van der Waals surface area contributed by atoms with Crippen molar-refractivity contribution in [3.63, 3.8) is 0 Å². The highest BCUT2D eigenvalue weighted by molar-refractivity contribution is 7.19. The average Bonchev–Trinajstić information content (AvgIpc) is 3.29. The number of ether oxygens (including phenoxy) is 1. The number of fused-ring (bicyclic) bond motifs is 1. The van der Waals surface area contributed by atoms with Crippen LogP contribution >= 0.6 is 11.3 Å². The van der Waals surface area contributed by atoms with Crippen LogP contribution in [0.15, 0.2) is 53.3 Å². The lowest BCUT2D eigenvalue weighted by Crippen LogP contribution is -2.50. The fourth-order valence-electron chi connectivity index (χ4n) is 4.29. The average molecular weight is 490 g/mol. The van der Waals surface area contributed by atoms with Gasteiger partial charge in [-0.1, -0.05) is 53.3 Å². The van der Waals surface area contributed by atoms with Gasteiger partial charge in [0.2, 0.25) is 4.96 Å². The lowest BCUT2D eigenvalue weighted by atomic mass is 10.1. The van der Waals surface area contributed by atoms with Gasteiger partial charge in [0.1, 0.15) is 16.6 Å². The van der Waals surface area contributed by atoms with E-state index in [1.165, 1.54) is 21.9 Å². The maximum Gasteiger partial charge on any atom is 0.277 e. The number of amides is 1. The first-order chi connectivity index (χ1) is 16.9. The van der Waals surface area contributed by atoms with Gasteiger partial charge in [-0.05, 0) is 38.0 Å². The third-order valence-electron chi connectivity index (χ3n) is 6.20. The summed E-state index contributed by atoms with van der Waals surface area (Å²) in [7, 11) is 0. The predicted octanol–water partition coefficient (Wildman–Crippen LogP) is 3.47. The molecule has 5 rings (SSSR count). The number of para-hydroxylation sites is 1. The standard InChI is InChI=1S/C26H27N5O3S/c1-17-6-4-9-20(14-17)25-28-31-22(32)15-21(27-26(31)35-25)29-10-12-30(13-11-29)23(33)16-34-24-18(2)7-5-8-19(24)3/h4-9,14-15H,10-13,16H2,1-3H3. The summed E-state index contributed by atoms with van der Waals surface area (Å²) >= 11 is 1.40. The molecule has 180 valence electrons. The number of carbonyl (C=O) groups excluding carboxylic acids is 1. The Morgan fingerprint density at radius 1 is 1.00 bits per heavy atom. The van der Waals surface area contributed by atoms with Gasteiger partial charge >= 0.3 is 0 Å². The molecule has 0 spiro atoms. The number of carbonyl (C=O) groups is 1. The number of hydrogen-bond acceptors (Lipinski definition) is 7. The maximum atomic E-state index is 12.8. The number of piperazine rings is 1. The molecule has 35 heavy (non-hydrogen) atoms. The number of anilines is 1. The van der Waals surface area contributed by atoms with Crippen LogP contribution in [0.4, 0.5) is 5.82 Å². The van der Waals surface area contributed by atoms with Crippen LogP contribution in [0.25, 0.3) is 15.5 Å². The summed E-state index contributed by atoms with van der Waals surface area (Å²) in [5.74, 6) is 1.35. The molecule has 0 aliphatic carbocycles. The molecule has 2 aromatic heterocycles. The van der Waals surface area contributed by atoms with Crippen molar-refractivity contribution in [1.29, 1.82) is 0 Å². The molecule has 1 aliphatic heterocycles. The number of hydrogen-bond donors (Lipinski definition) is 0. The van der Waals surface area contributed by atoms with E-state index >= 15 is 0 Å². The van der Waals surface area contributed by atoms with Crippen LogP contribution in [0.5, 0.6) is 5.75 Å². The van der Waals surface area contributed by atoms with E-state index in [4.69, 9.17) is 9.72 Å². The molecule has 1 saturated heterocycles. The predicted molar refractivity (Wildman–Crippen MR) is 138 cm³/mol. The fraction of sp³-hybridized carbons (Fsp3) is 0.308. The highest BCUT2D eigenvalue weighted by atomic mass is 32.1. The molecule has 8 nitrogen and oxygen atoms in total. The first-order valence-electron chi connectivity index (χ1n) is 11.6. The minimum Gasteiger partial charge on any atom is -0.483 e. The Hall–Kier alpha value is -3.72. The van der Waals surface area contributed by atoms with Crippen LogP contribution in [0.2, 0.25) is 0 Å². The van der Waals surface area contributed by atoms with E-state index in [-0.39, 0.29) is 18.1 Å². The van der Waals surface area contributed by atoms with Gasteiger partial charge in [0.25, 0.3) is 11.5 Å².